The number of hydrogen-bond donors (Lipinski definition) is 3. The van der Waals surface area contributed by atoms with Crippen molar-refractivity contribution < 1.29 is 9.90 Å². The van der Waals surface area contributed by atoms with Gasteiger partial charge in [-0.2, -0.15) is 5.10 Å². The van der Waals surface area contributed by atoms with Crippen molar-refractivity contribution in [3.05, 3.63) is 100 Å². The van der Waals surface area contributed by atoms with Gasteiger partial charge in [-0.1, -0.05) is 54.9 Å². The van der Waals surface area contributed by atoms with Crippen LogP contribution in [-0.2, 0) is 4.79 Å². The molecule has 0 aliphatic heterocycles. The smallest absolute Gasteiger partial charge is 0.328 e. The molecule has 160 valence electrons. The maximum atomic E-state index is 10.8. The number of allylic oxidation sites excluding steroid dienone is 1. The number of nitrogens with one attached hydrogen (secondary N) is 1. The SMILES string of the molecule is CC/C(=C(/c1ccc(/C=C/C(=O)O)cc1)c1ccc2[nH]ncc2c1)c1ccc(N)cc1Cl. The Morgan fingerprint density at radius 3 is 2.53 bits per heavy atom. The number of fused-ring (bicyclic) bond motifs is 1. The molecule has 3 aromatic carbocycles. The molecule has 0 radical (unpaired) electrons. The van der Waals surface area contributed by atoms with Gasteiger partial charge in [0.25, 0.3) is 0 Å². The number of nitrogens with zero attached hydrogens (tertiary/aromatic N) is 1. The fraction of sp³-hybridized carbons (Fsp3) is 0.0769. The van der Waals surface area contributed by atoms with Gasteiger partial charge in [-0.3, -0.25) is 5.10 Å². The summed E-state index contributed by atoms with van der Waals surface area (Å²) in [6, 6.07) is 19.6. The molecule has 0 atom stereocenters. The molecule has 4 aromatic rings. The number of benzene rings is 3. The third-order valence-electron chi connectivity index (χ3n) is 5.32. The van der Waals surface area contributed by atoms with E-state index in [-0.39, 0.29) is 0 Å². The number of carbonyl (C=O) groups is 1. The zero-order valence-electron chi connectivity index (χ0n) is 17.5. The van der Waals surface area contributed by atoms with E-state index >= 15 is 0 Å². The first kappa shape index (κ1) is 21.4. The summed E-state index contributed by atoms with van der Waals surface area (Å²) in [7, 11) is 0. The Morgan fingerprint density at radius 2 is 1.84 bits per heavy atom. The van der Waals surface area contributed by atoms with E-state index in [0.717, 1.165) is 56.8 Å². The molecule has 0 fully saturated rings. The van der Waals surface area contributed by atoms with Crippen molar-refractivity contribution in [3.63, 3.8) is 0 Å². The average Bonchev–Trinajstić information content (AvgIpc) is 3.25. The highest BCUT2D eigenvalue weighted by Gasteiger charge is 2.16. The number of H-pyrrole nitrogens is 1. The molecule has 0 amide bonds. The van der Waals surface area contributed by atoms with Gasteiger partial charge >= 0.3 is 5.97 Å². The quantitative estimate of drug-likeness (QED) is 0.186. The number of anilines is 1. The van der Waals surface area contributed by atoms with Crippen molar-refractivity contribution in [2.45, 2.75) is 13.3 Å². The Morgan fingerprint density at radius 1 is 1.09 bits per heavy atom. The molecule has 6 heteroatoms. The van der Waals surface area contributed by atoms with E-state index in [1.54, 1.807) is 18.3 Å². The van der Waals surface area contributed by atoms with E-state index in [4.69, 9.17) is 22.4 Å². The minimum absolute atomic E-state index is 0.602. The molecular weight excluding hydrogens is 422 g/mol. The number of carboxylic acids is 1. The van der Waals surface area contributed by atoms with Gasteiger partial charge in [-0.05, 0) is 70.2 Å². The predicted molar refractivity (Wildman–Crippen MR) is 131 cm³/mol. The number of nitrogen functional groups attached to an aromatic ring is 1. The minimum Gasteiger partial charge on any atom is -0.478 e. The van der Waals surface area contributed by atoms with Crippen molar-refractivity contribution in [3.8, 4) is 0 Å². The average molecular weight is 444 g/mol. The Kier molecular flexibility index (Phi) is 6.10. The van der Waals surface area contributed by atoms with Crippen LogP contribution in [0.4, 0.5) is 5.69 Å². The van der Waals surface area contributed by atoms with E-state index in [1.165, 1.54) is 0 Å². The zero-order valence-corrected chi connectivity index (χ0v) is 18.2. The normalized spacial score (nSPS) is 12.3. The molecular formula is C26H22ClN3O2. The van der Waals surface area contributed by atoms with Crippen LogP contribution >= 0.6 is 11.6 Å². The number of hydrogen-bond acceptors (Lipinski definition) is 3. The van der Waals surface area contributed by atoms with E-state index in [0.29, 0.717) is 10.7 Å². The number of halogens is 1. The lowest BCUT2D eigenvalue weighted by Crippen LogP contribution is -1.97. The Bertz CT molecular complexity index is 1350. The van der Waals surface area contributed by atoms with Gasteiger partial charge in [-0.25, -0.2) is 4.79 Å². The number of aromatic nitrogens is 2. The summed E-state index contributed by atoms with van der Waals surface area (Å²) in [5.41, 5.74) is 13.4. The van der Waals surface area contributed by atoms with E-state index in [1.807, 2.05) is 42.5 Å². The Labute approximate surface area is 190 Å². The molecule has 0 spiro atoms. The highest BCUT2D eigenvalue weighted by Crippen LogP contribution is 2.38. The fourth-order valence-electron chi connectivity index (χ4n) is 3.82. The maximum absolute atomic E-state index is 10.8. The van der Waals surface area contributed by atoms with Gasteiger partial charge in [0.1, 0.15) is 0 Å². The van der Waals surface area contributed by atoms with Gasteiger partial charge in [-0.15, -0.1) is 0 Å². The van der Waals surface area contributed by atoms with Crippen LogP contribution in [0.15, 0.2) is 72.9 Å². The third kappa shape index (κ3) is 4.43. The van der Waals surface area contributed by atoms with Gasteiger partial charge in [0.2, 0.25) is 0 Å². The largest absolute Gasteiger partial charge is 0.478 e. The number of carboxylic acid groups (broad SMARTS) is 1. The van der Waals surface area contributed by atoms with E-state index in [2.05, 4.69) is 29.3 Å². The molecule has 4 N–H and O–H groups in total. The summed E-state index contributed by atoms with van der Waals surface area (Å²) in [5.74, 6) is -0.977. The van der Waals surface area contributed by atoms with Crippen LogP contribution in [0.2, 0.25) is 5.02 Å². The first-order chi connectivity index (χ1) is 15.5. The predicted octanol–water partition coefficient (Wildman–Crippen LogP) is 6.27. The second-order valence-corrected chi connectivity index (χ2v) is 7.82. The molecule has 1 heterocycles. The summed E-state index contributed by atoms with van der Waals surface area (Å²) >= 11 is 6.60. The van der Waals surface area contributed by atoms with Crippen molar-refractivity contribution in [1.29, 1.82) is 0 Å². The van der Waals surface area contributed by atoms with Crippen LogP contribution < -0.4 is 5.73 Å². The third-order valence-corrected chi connectivity index (χ3v) is 5.63. The molecule has 0 saturated carbocycles. The van der Waals surface area contributed by atoms with Crippen LogP contribution in [-0.4, -0.2) is 21.3 Å². The minimum atomic E-state index is -0.977. The molecule has 0 unspecified atom stereocenters. The standard InChI is InChI=1S/C26H22ClN3O2/c1-2-21(22-10-9-20(28)14-23(22)27)26(18-8-11-24-19(13-18)15-29-30-24)17-6-3-16(4-7-17)5-12-25(31)32/h3-15H,2,28H2,1H3,(H,29,30)(H,31,32)/b12-5+,26-21+. The highest BCUT2D eigenvalue weighted by molar-refractivity contribution is 6.33. The lowest BCUT2D eigenvalue weighted by molar-refractivity contribution is -0.131. The van der Waals surface area contributed by atoms with E-state index < -0.39 is 5.97 Å². The summed E-state index contributed by atoms with van der Waals surface area (Å²) in [4.78, 5) is 10.8. The highest BCUT2D eigenvalue weighted by atomic mass is 35.5. The Balaban J connectivity index is 1.93. The molecule has 4 rings (SSSR count). The summed E-state index contributed by atoms with van der Waals surface area (Å²) in [6.45, 7) is 2.10. The second-order valence-electron chi connectivity index (χ2n) is 7.41. The monoisotopic (exact) mass is 443 g/mol. The summed E-state index contributed by atoms with van der Waals surface area (Å²) in [6.07, 6.45) is 5.26. The fourth-order valence-corrected chi connectivity index (χ4v) is 4.12. The summed E-state index contributed by atoms with van der Waals surface area (Å²) in [5, 5.41) is 17.6. The first-order valence-electron chi connectivity index (χ1n) is 10.2. The number of rotatable bonds is 6. The van der Waals surface area contributed by atoms with Crippen LogP contribution in [0.1, 0.15) is 35.6 Å². The van der Waals surface area contributed by atoms with Crippen molar-refractivity contribution >= 4 is 51.4 Å². The Hall–Kier alpha value is -3.83. The van der Waals surface area contributed by atoms with Gasteiger partial charge in [0.05, 0.1) is 16.7 Å². The van der Waals surface area contributed by atoms with Crippen molar-refractivity contribution in [2.24, 2.45) is 0 Å². The van der Waals surface area contributed by atoms with Gasteiger partial charge in [0.15, 0.2) is 0 Å². The molecule has 0 aliphatic rings. The van der Waals surface area contributed by atoms with Gasteiger partial charge < -0.3 is 10.8 Å². The molecule has 32 heavy (non-hydrogen) atoms. The summed E-state index contributed by atoms with van der Waals surface area (Å²) < 4.78 is 0. The number of aliphatic carboxylic acids is 1. The second kappa shape index (κ2) is 9.12. The van der Waals surface area contributed by atoms with Crippen LogP contribution in [0.25, 0.3) is 28.1 Å². The van der Waals surface area contributed by atoms with Gasteiger partial charge in [0, 0.05) is 17.1 Å². The molecule has 0 saturated heterocycles. The van der Waals surface area contributed by atoms with Crippen molar-refractivity contribution in [2.75, 3.05) is 5.73 Å². The molecule has 5 nitrogen and oxygen atoms in total. The number of aromatic amines is 1. The van der Waals surface area contributed by atoms with Crippen LogP contribution in [0.3, 0.4) is 0 Å². The first-order valence-corrected chi connectivity index (χ1v) is 10.6. The zero-order chi connectivity index (χ0) is 22.7. The van der Waals surface area contributed by atoms with Crippen molar-refractivity contribution in [1.82, 2.24) is 10.2 Å². The van der Waals surface area contributed by atoms with E-state index in [9.17, 15) is 4.79 Å². The maximum Gasteiger partial charge on any atom is 0.328 e. The molecule has 0 bridgehead atoms. The number of nitrogens with two attached hydrogens (primary N) is 1. The van der Waals surface area contributed by atoms with Crippen LogP contribution in [0.5, 0.6) is 0 Å². The molecule has 1 aromatic heterocycles. The topological polar surface area (TPSA) is 92.0 Å². The lowest BCUT2D eigenvalue weighted by atomic mass is 9.87. The molecule has 0 aliphatic carbocycles. The lowest BCUT2D eigenvalue weighted by Gasteiger charge is -2.18. The van der Waals surface area contributed by atoms with Crippen LogP contribution in [0, 0.1) is 0 Å².